The topological polar surface area (TPSA) is 68.5 Å². The van der Waals surface area contributed by atoms with Crippen molar-refractivity contribution in [1.82, 2.24) is 25.0 Å². The molecule has 0 unspecified atom stereocenters. The van der Waals surface area contributed by atoms with Crippen LogP contribution >= 0.6 is 15.9 Å². The van der Waals surface area contributed by atoms with Crippen molar-refractivity contribution in [2.24, 2.45) is 7.05 Å². The summed E-state index contributed by atoms with van der Waals surface area (Å²) in [4.78, 5) is 9.30. The Labute approximate surface area is 126 Å². The standard InChI is InChI=1S/C13H17BrN6/c1-3-6-15-10-7-9(11-12(14)18-19-20(11)2)16-13(17-10)8-4-5-8/h7-8H,3-6H2,1-2H3,(H,15,16,17). The molecule has 7 heteroatoms. The number of anilines is 1. The predicted octanol–water partition coefficient (Wildman–Crippen LogP) is 2.73. The molecular weight excluding hydrogens is 320 g/mol. The number of rotatable bonds is 5. The SMILES string of the molecule is CCCNc1cc(-c2c(Br)nnn2C)nc(C2CC2)n1. The maximum Gasteiger partial charge on any atom is 0.157 e. The Hall–Kier alpha value is -1.50. The second-order valence-electron chi connectivity index (χ2n) is 5.05. The molecule has 0 amide bonds. The molecule has 6 nitrogen and oxygen atoms in total. The van der Waals surface area contributed by atoms with Crippen LogP contribution in [0.2, 0.25) is 0 Å². The predicted molar refractivity (Wildman–Crippen MR) is 80.5 cm³/mol. The van der Waals surface area contributed by atoms with E-state index >= 15 is 0 Å². The molecule has 0 aliphatic heterocycles. The molecule has 0 saturated heterocycles. The van der Waals surface area contributed by atoms with Gasteiger partial charge in [0.2, 0.25) is 0 Å². The second-order valence-corrected chi connectivity index (χ2v) is 5.80. The largest absolute Gasteiger partial charge is 0.370 e. The van der Waals surface area contributed by atoms with Gasteiger partial charge < -0.3 is 5.32 Å². The monoisotopic (exact) mass is 336 g/mol. The average molecular weight is 337 g/mol. The van der Waals surface area contributed by atoms with E-state index in [-0.39, 0.29) is 0 Å². The summed E-state index contributed by atoms with van der Waals surface area (Å²) in [6, 6.07) is 1.96. The third kappa shape index (κ3) is 2.67. The zero-order valence-corrected chi connectivity index (χ0v) is 13.2. The Morgan fingerprint density at radius 2 is 2.20 bits per heavy atom. The van der Waals surface area contributed by atoms with Crippen molar-refractivity contribution in [3.63, 3.8) is 0 Å². The van der Waals surface area contributed by atoms with E-state index in [1.807, 2.05) is 13.1 Å². The van der Waals surface area contributed by atoms with Crippen LogP contribution in [0, 0.1) is 0 Å². The van der Waals surface area contributed by atoms with Crippen LogP contribution in [0.3, 0.4) is 0 Å². The Morgan fingerprint density at radius 1 is 1.40 bits per heavy atom. The van der Waals surface area contributed by atoms with Crippen molar-refractivity contribution in [3.05, 3.63) is 16.5 Å². The van der Waals surface area contributed by atoms with Crippen molar-refractivity contribution in [3.8, 4) is 11.4 Å². The van der Waals surface area contributed by atoms with Crippen molar-refractivity contribution in [1.29, 1.82) is 0 Å². The zero-order valence-electron chi connectivity index (χ0n) is 11.6. The van der Waals surface area contributed by atoms with Gasteiger partial charge in [-0.3, -0.25) is 0 Å². The van der Waals surface area contributed by atoms with E-state index in [0.717, 1.165) is 36.0 Å². The van der Waals surface area contributed by atoms with Crippen molar-refractivity contribution in [2.45, 2.75) is 32.1 Å². The van der Waals surface area contributed by atoms with Crippen molar-refractivity contribution < 1.29 is 0 Å². The smallest absolute Gasteiger partial charge is 0.157 e. The molecule has 1 saturated carbocycles. The molecule has 3 rings (SSSR count). The zero-order chi connectivity index (χ0) is 14.1. The first-order valence-electron chi connectivity index (χ1n) is 6.87. The summed E-state index contributed by atoms with van der Waals surface area (Å²) in [5.41, 5.74) is 1.74. The van der Waals surface area contributed by atoms with Crippen LogP contribution in [0.5, 0.6) is 0 Å². The lowest BCUT2D eigenvalue weighted by molar-refractivity contribution is 0.717. The summed E-state index contributed by atoms with van der Waals surface area (Å²) >= 11 is 3.43. The van der Waals surface area contributed by atoms with Gasteiger partial charge >= 0.3 is 0 Å². The number of hydrogen-bond donors (Lipinski definition) is 1. The van der Waals surface area contributed by atoms with E-state index in [0.29, 0.717) is 10.5 Å². The highest BCUT2D eigenvalue weighted by molar-refractivity contribution is 9.10. The Balaban J connectivity index is 2.02. The fourth-order valence-electron chi connectivity index (χ4n) is 2.06. The molecule has 0 spiro atoms. The minimum atomic E-state index is 0.511. The highest BCUT2D eigenvalue weighted by Crippen LogP contribution is 2.39. The Kier molecular flexibility index (Phi) is 3.69. The molecule has 0 atom stereocenters. The summed E-state index contributed by atoms with van der Waals surface area (Å²) < 4.78 is 2.44. The molecule has 1 N–H and O–H groups in total. The Morgan fingerprint density at radius 3 is 2.80 bits per heavy atom. The minimum Gasteiger partial charge on any atom is -0.370 e. The lowest BCUT2D eigenvalue weighted by Crippen LogP contribution is -2.06. The van der Waals surface area contributed by atoms with Crippen LogP contribution in [-0.4, -0.2) is 31.5 Å². The van der Waals surface area contributed by atoms with Crippen molar-refractivity contribution in [2.75, 3.05) is 11.9 Å². The molecule has 1 aliphatic rings. The molecule has 20 heavy (non-hydrogen) atoms. The van der Waals surface area contributed by atoms with Crippen LogP contribution in [-0.2, 0) is 7.05 Å². The van der Waals surface area contributed by atoms with E-state index in [2.05, 4.69) is 48.5 Å². The molecule has 1 aliphatic carbocycles. The number of aromatic nitrogens is 5. The summed E-state index contributed by atoms with van der Waals surface area (Å²) in [5.74, 6) is 2.32. The normalized spacial score (nSPS) is 14.6. The van der Waals surface area contributed by atoms with Crippen LogP contribution in [0.15, 0.2) is 10.7 Å². The quantitative estimate of drug-likeness (QED) is 0.909. The molecular formula is C13H17BrN6. The van der Waals surface area contributed by atoms with Gasteiger partial charge in [-0.25, -0.2) is 14.6 Å². The van der Waals surface area contributed by atoms with Crippen molar-refractivity contribution >= 4 is 21.7 Å². The van der Waals surface area contributed by atoms with Gasteiger partial charge in [0.1, 0.15) is 17.3 Å². The lowest BCUT2D eigenvalue weighted by Gasteiger charge is -2.09. The van der Waals surface area contributed by atoms with Gasteiger partial charge in [0, 0.05) is 25.6 Å². The van der Waals surface area contributed by atoms with Gasteiger partial charge in [-0.15, -0.1) is 5.10 Å². The number of aryl methyl sites for hydroxylation is 1. The van der Waals surface area contributed by atoms with E-state index in [1.165, 1.54) is 12.8 Å². The van der Waals surface area contributed by atoms with Crippen LogP contribution in [0.25, 0.3) is 11.4 Å². The highest BCUT2D eigenvalue weighted by atomic mass is 79.9. The molecule has 1 fully saturated rings. The highest BCUT2D eigenvalue weighted by Gasteiger charge is 2.28. The third-order valence-electron chi connectivity index (χ3n) is 3.27. The molecule has 0 radical (unpaired) electrons. The lowest BCUT2D eigenvalue weighted by atomic mass is 10.2. The maximum absolute atomic E-state index is 4.69. The summed E-state index contributed by atoms with van der Waals surface area (Å²) in [6.45, 7) is 3.05. The van der Waals surface area contributed by atoms with E-state index in [4.69, 9.17) is 0 Å². The first-order valence-corrected chi connectivity index (χ1v) is 7.66. The van der Waals surface area contributed by atoms with Gasteiger partial charge in [0.05, 0.1) is 5.69 Å². The Bertz CT molecular complexity index is 600. The summed E-state index contributed by atoms with van der Waals surface area (Å²) in [7, 11) is 1.87. The first kappa shape index (κ1) is 13.5. The van der Waals surface area contributed by atoms with Gasteiger partial charge in [0.15, 0.2) is 4.60 Å². The fourth-order valence-corrected chi connectivity index (χ4v) is 2.59. The number of hydrogen-bond acceptors (Lipinski definition) is 5. The molecule has 2 heterocycles. The van der Waals surface area contributed by atoms with Gasteiger partial charge in [-0.05, 0) is 35.2 Å². The second kappa shape index (κ2) is 5.47. The summed E-state index contributed by atoms with van der Waals surface area (Å²) in [5, 5.41) is 11.4. The van der Waals surface area contributed by atoms with Crippen LogP contribution < -0.4 is 5.32 Å². The number of nitrogens with zero attached hydrogens (tertiary/aromatic N) is 5. The summed E-state index contributed by atoms with van der Waals surface area (Å²) in [6.07, 6.45) is 3.43. The van der Waals surface area contributed by atoms with Gasteiger partial charge in [-0.2, -0.15) is 0 Å². The third-order valence-corrected chi connectivity index (χ3v) is 3.80. The van der Waals surface area contributed by atoms with Crippen LogP contribution in [0.4, 0.5) is 5.82 Å². The maximum atomic E-state index is 4.69. The molecule has 0 bridgehead atoms. The van der Waals surface area contributed by atoms with E-state index in [1.54, 1.807) is 4.68 Å². The molecule has 0 aromatic carbocycles. The van der Waals surface area contributed by atoms with Gasteiger partial charge in [0.25, 0.3) is 0 Å². The minimum absolute atomic E-state index is 0.511. The molecule has 2 aromatic rings. The number of halogens is 1. The van der Waals surface area contributed by atoms with E-state index < -0.39 is 0 Å². The van der Waals surface area contributed by atoms with Crippen LogP contribution in [0.1, 0.15) is 37.9 Å². The molecule has 106 valence electrons. The number of nitrogens with one attached hydrogen (secondary N) is 1. The van der Waals surface area contributed by atoms with E-state index in [9.17, 15) is 0 Å². The first-order chi connectivity index (χ1) is 9.69. The molecule has 2 aromatic heterocycles. The van der Waals surface area contributed by atoms with Gasteiger partial charge in [-0.1, -0.05) is 12.1 Å². The fraction of sp³-hybridized carbons (Fsp3) is 0.538. The average Bonchev–Trinajstić information content (AvgIpc) is 3.23.